The van der Waals surface area contributed by atoms with Crippen molar-refractivity contribution < 1.29 is 8.42 Å². The molecule has 22 heavy (non-hydrogen) atoms. The first kappa shape index (κ1) is 14.4. The van der Waals surface area contributed by atoms with E-state index in [0.29, 0.717) is 16.9 Å². The Morgan fingerprint density at radius 2 is 1.82 bits per heavy atom. The molecule has 0 aliphatic heterocycles. The highest BCUT2D eigenvalue weighted by Crippen LogP contribution is 2.27. The van der Waals surface area contributed by atoms with Gasteiger partial charge in [0.05, 0.1) is 17.6 Å². The van der Waals surface area contributed by atoms with Crippen LogP contribution in [0.1, 0.15) is 5.56 Å². The molecular formula is C15H14N4O2S. The second kappa shape index (κ2) is 5.34. The second-order valence-corrected chi connectivity index (χ2v) is 6.72. The van der Waals surface area contributed by atoms with Gasteiger partial charge in [-0.25, -0.2) is 13.4 Å². The van der Waals surface area contributed by atoms with Crippen molar-refractivity contribution in [3.8, 4) is 11.4 Å². The molecule has 0 fully saturated rings. The normalized spacial score (nSPS) is 11.5. The number of hydrogen-bond donors (Lipinski definition) is 1. The Hall–Kier alpha value is -2.54. The standard InChI is InChI=1S/C15H14N4O2S/c1-10-5-3-7-16-13(10)12-9-11-6-4-8-17-14(11)15(18-12)19-22(2,20)21/h3-9H,1-2H3,(H,18,19). The van der Waals surface area contributed by atoms with Gasteiger partial charge in [0, 0.05) is 17.8 Å². The molecule has 6 nitrogen and oxygen atoms in total. The molecule has 0 atom stereocenters. The average Bonchev–Trinajstić information content (AvgIpc) is 2.46. The maximum atomic E-state index is 11.6. The SMILES string of the molecule is Cc1cccnc1-c1cc2cccnc2c(NS(C)(=O)=O)n1. The topological polar surface area (TPSA) is 84.8 Å². The van der Waals surface area contributed by atoms with Crippen LogP contribution >= 0.6 is 0 Å². The summed E-state index contributed by atoms with van der Waals surface area (Å²) in [5.41, 5.74) is 2.78. The summed E-state index contributed by atoms with van der Waals surface area (Å²) in [4.78, 5) is 12.9. The van der Waals surface area contributed by atoms with E-state index in [9.17, 15) is 8.42 Å². The fraction of sp³-hybridized carbons (Fsp3) is 0.133. The fourth-order valence-electron chi connectivity index (χ4n) is 2.21. The third-order valence-electron chi connectivity index (χ3n) is 3.12. The van der Waals surface area contributed by atoms with E-state index < -0.39 is 10.0 Å². The van der Waals surface area contributed by atoms with Gasteiger partial charge in [0.25, 0.3) is 0 Å². The van der Waals surface area contributed by atoms with E-state index in [1.54, 1.807) is 18.5 Å². The molecule has 0 aromatic carbocycles. The minimum absolute atomic E-state index is 0.209. The van der Waals surface area contributed by atoms with Crippen LogP contribution < -0.4 is 4.72 Å². The lowest BCUT2D eigenvalue weighted by atomic mass is 10.1. The number of nitrogens with one attached hydrogen (secondary N) is 1. The van der Waals surface area contributed by atoms with E-state index in [1.807, 2.05) is 31.2 Å². The first-order chi connectivity index (χ1) is 10.4. The summed E-state index contributed by atoms with van der Waals surface area (Å²) < 4.78 is 25.6. The highest BCUT2D eigenvalue weighted by Gasteiger charge is 2.13. The molecule has 0 aliphatic rings. The molecule has 112 valence electrons. The molecule has 3 aromatic rings. The van der Waals surface area contributed by atoms with Crippen molar-refractivity contribution in [2.24, 2.45) is 0 Å². The van der Waals surface area contributed by atoms with Gasteiger partial charge in [-0.2, -0.15) is 0 Å². The second-order valence-electron chi connectivity index (χ2n) is 4.97. The van der Waals surface area contributed by atoms with Crippen molar-refractivity contribution >= 4 is 26.7 Å². The molecule has 0 spiro atoms. The molecule has 0 bridgehead atoms. The van der Waals surface area contributed by atoms with Crippen LogP contribution in [0.4, 0.5) is 5.82 Å². The van der Waals surface area contributed by atoms with E-state index in [1.165, 1.54) is 0 Å². The summed E-state index contributed by atoms with van der Waals surface area (Å²) in [5, 5.41) is 0.795. The summed E-state index contributed by atoms with van der Waals surface area (Å²) >= 11 is 0. The Morgan fingerprint density at radius 3 is 2.55 bits per heavy atom. The predicted molar refractivity (Wildman–Crippen MR) is 86.0 cm³/mol. The lowest BCUT2D eigenvalue weighted by Crippen LogP contribution is -2.12. The third-order valence-corrected chi connectivity index (χ3v) is 3.69. The highest BCUT2D eigenvalue weighted by atomic mass is 32.2. The number of aromatic nitrogens is 3. The molecule has 7 heteroatoms. The average molecular weight is 314 g/mol. The summed E-state index contributed by atoms with van der Waals surface area (Å²) in [5.74, 6) is 0.209. The Morgan fingerprint density at radius 1 is 1.09 bits per heavy atom. The van der Waals surface area contributed by atoms with Crippen LogP contribution in [0.2, 0.25) is 0 Å². The van der Waals surface area contributed by atoms with E-state index in [2.05, 4.69) is 19.7 Å². The molecule has 0 saturated heterocycles. The summed E-state index contributed by atoms with van der Waals surface area (Å²) in [6.45, 7) is 1.93. The first-order valence-electron chi connectivity index (χ1n) is 6.59. The molecule has 0 amide bonds. The van der Waals surface area contributed by atoms with Crippen LogP contribution in [0.15, 0.2) is 42.7 Å². The lowest BCUT2D eigenvalue weighted by Gasteiger charge is -2.10. The smallest absolute Gasteiger partial charge is 0.231 e. The predicted octanol–water partition coefficient (Wildman–Crippen LogP) is 2.37. The molecule has 0 radical (unpaired) electrons. The first-order valence-corrected chi connectivity index (χ1v) is 8.49. The molecule has 3 rings (SSSR count). The molecule has 0 aliphatic carbocycles. The van der Waals surface area contributed by atoms with Crippen LogP contribution in [0.25, 0.3) is 22.3 Å². The van der Waals surface area contributed by atoms with Crippen LogP contribution in [0.3, 0.4) is 0 Å². The number of nitrogens with zero attached hydrogens (tertiary/aromatic N) is 3. The van der Waals surface area contributed by atoms with E-state index in [-0.39, 0.29) is 5.82 Å². The quantitative estimate of drug-likeness (QED) is 0.802. The number of sulfonamides is 1. The number of rotatable bonds is 3. The van der Waals surface area contributed by atoms with Crippen molar-refractivity contribution in [2.45, 2.75) is 6.92 Å². The molecule has 3 aromatic heterocycles. The van der Waals surface area contributed by atoms with Crippen LogP contribution in [0.5, 0.6) is 0 Å². The van der Waals surface area contributed by atoms with Gasteiger partial charge in [0.15, 0.2) is 5.82 Å². The van der Waals surface area contributed by atoms with Gasteiger partial charge in [-0.05, 0) is 30.7 Å². The summed E-state index contributed by atoms with van der Waals surface area (Å²) in [6.07, 6.45) is 4.37. The van der Waals surface area contributed by atoms with Crippen molar-refractivity contribution in [3.63, 3.8) is 0 Å². The summed E-state index contributed by atoms with van der Waals surface area (Å²) in [6, 6.07) is 9.28. The fourth-order valence-corrected chi connectivity index (χ4v) is 2.70. The largest absolute Gasteiger partial charge is 0.266 e. The molecular weight excluding hydrogens is 300 g/mol. The number of aryl methyl sites for hydroxylation is 1. The minimum Gasteiger partial charge on any atom is -0.266 e. The molecule has 3 heterocycles. The van der Waals surface area contributed by atoms with E-state index >= 15 is 0 Å². The number of hydrogen-bond acceptors (Lipinski definition) is 5. The van der Waals surface area contributed by atoms with Gasteiger partial charge >= 0.3 is 0 Å². The van der Waals surface area contributed by atoms with Gasteiger partial charge < -0.3 is 0 Å². The Bertz CT molecular complexity index is 955. The van der Waals surface area contributed by atoms with Gasteiger partial charge in [-0.15, -0.1) is 0 Å². The Kier molecular flexibility index (Phi) is 3.50. The third kappa shape index (κ3) is 2.89. The monoisotopic (exact) mass is 314 g/mol. The number of fused-ring (bicyclic) bond motifs is 1. The van der Waals surface area contributed by atoms with Gasteiger partial charge in [0.2, 0.25) is 10.0 Å². The molecule has 0 unspecified atom stereocenters. The van der Waals surface area contributed by atoms with E-state index in [4.69, 9.17) is 0 Å². The van der Waals surface area contributed by atoms with Gasteiger partial charge in [-0.1, -0.05) is 12.1 Å². The Balaban J connectivity index is 2.27. The maximum Gasteiger partial charge on any atom is 0.231 e. The number of pyridine rings is 3. The van der Waals surface area contributed by atoms with Crippen molar-refractivity contribution in [1.82, 2.24) is 15.0 Å². The van der Waals surface area contributed by atoms with Crippen LogP contribution in [0, 0.1) is 6.92 Å². The zero-order chi connectivity index (χ0) is 15.7. The van der Waals surface area contributed by atoms with Gasteiger partial charge in [0.1, 0.15) is 5.52 Å². The van der Waals surface area contributed by atoms with Crippen molar-refractivity contribution in [3.05, 3.63) is 48.3 Å². The molecule has 1 N–H and O–H groups in total. The molecule has 0 saturated carbocycles. The van der Waals surface area contributed by atoms with E-state index in [0.717, 1.165) is 17.2 Å². The van der Waals surface area contributed by atoms with Crippen LogP contribution in [-0.4, -0.2) is 29.6 Å². The zero-order valence-corrected chi connectivity index (χ0v) is 12.9. The maximum absolute atomic E-state index is 11.6. The number of anilines is 1. The highest BCUT2D eigenvalue weighted by molar-refractivity contribution is 7.92. The zero-order valence-electron chi connectivity index (χ0n) is 12.1. The lowest BCUT2D eigenvalue weighted by molar-refractivity contribution is 0.606. The van der Waals surface area contributed by atoms with Crippen molar-refractivity contribution in [2.75, 3.05) is 11.0 Å². The van der Waals surface area contributed by atoms with Crippen molar-refractivity contribution in [1.29, 1.82) is 0 Å². The van der Waals surface area contributed by atoms with Gasteiger partial charge in [-0.3, -0.25) is 14.7 Å². The minimum atomic E-state index is -3.45. The Labute approximate surface area is 128 Å². The summed E-state index contributed by atoms with van der Waals surface area (Å²) in [7, 11) is -3.45. The van der Waals surface area contributed by atoms with Crippen LogP contribution in [-0.2, 0) is 10.0 Å².